The molecule has 0 atom stereocenters. The van der Waals surface area contributed by atoms with E-state index in [9.17, 15) is 17.6 Å². The van der Waals surface area contributed by atoms with Gasteiger partial charge in [-0.2, -0.15) is 0 Å². The summed E-state index contributed by atoms with van der Waals surface area (Å²) in [5.74, 6) is -1.19. The number of halogens is 4. The highest BCUT2D eigenvalue weighted by molar-refractivity contribution is 7.90. The van der Waals surface area contributed by atoms with E-state index in [1.165, 1.54) is 29.3 Å². The fourth-order valence-electron chi connectivity index (χ4n) is 3.68. The Morgan fingerprint density at radius 1 is 0.968 bits per heavy atom. The van der Waals surface area contributed by atoms with Gasteiger partial charge in [0.15, 0.2) is 0 Å². The Morgan fingerprint density at radius 2 is 1.65 bits per heavy atom. The number of benzene rings is 2. The molecule has 4 rings (SSSR count). The number of carbonyl (C=O) groups is 1. The predicted octanol–water partition coefficient (Wildman–Crippen LogP) is 4.04. The van der Waals surface area contributed by atoms with Crippen LogP contribution in [0.15, 0.2) is 59.6 Å². The maximum Gasteiger partial charge on any atom is 0.274 e. The number of carbonyl (C=O) groups excluding carboxylic acids is 1. The van der Waals surface area contributed by atoms with E-state index in [2.05, 4.69) is 0 Å². The topological polar surface area (TPSA) is 62.6 Å². The number of hydrogen-bond acceptors (Lipinski definition) is 4. The van der Waals surface area contributed by atoms with Crippen molar-refractivity contribution in [3.05, 3.63) is 60.5 Å². The fourth-order valence-corrected chi connectivity index (χ4v) is 5.42. The fraction of sp³-hybridized carbons (Fsp3) is 0.250. The van der Waals surface area contributed by atoms with Crippen LogP contribution in [0.1, 0.15) is 0 Å². The first kappa shape index (κ1) is 22.2. The summed E-state index contributed by atoms with van der Waals surface area (Å²) in [6, 6.07) is 11.9. The Bertz CT molecular complexity index is 1250. The maximum atomic E-state index is 13.6. The van der Waals surface area contributed by atoms with Gasteiger partial charge in [0.1, 0.15) is 5.82 Å². The molecule has 1 amide bonds. The first-order valence-electron chi connectivity index (χ1n) is 9.31. The molecule has 2 aromatic carbocycles. The SMILES string of the molecule is O=C(N1CCN(c2cccc3c2ccn3S(=O)(=O)c2cccc(F)c2)CC1)C(Cl)(Cl)Cl. The second-order valence-corrected chi connectivity index (χ2v) is 11.2. The summed E-state index contributed by atoms with van der Waals surface area (Å²) in [6.45, 7) is 1.72. The lowest BCUT2D eigenvalue weighted by atomic mass is 10.1. The van der Waals surface area contributed by atoms with E-state index in [1.807, 2.05) is 11.0 Å². The molecule has 0 N–H and O–H groups in total. The number of hydrogen-bond donors (Lipinski definition) is 0. The molecule has 0 spiro atoms. The number of fused-ring (bicyclic) bond motifs is 1. The van der Waals surface area contributed by atoms with E-state index in [0.29, 0.717) is 31.7 Å². The first-order chi connectivity index (χ1) is 14.6. The van der Waals surface area contributed by atoms with Gasteiger partial charge in [-0.25, -0.2) is 16.8 Å². The number of rotatable bonds is 3. The minimum absolute atomic E-state index is 0.130. The van der Waals surface area contributed by atoms with Gasteiger partial charge in [0.05, 0.1) is 10.4 Å². The summed E-state index contributed by atoms with van der Waals surface area (Å²) >= 11 is 17.1. The standard InChI is InChI=1S/C20H17Cl3FN3O3S/c21-20(22,23)19(28)26-11-9-25(10-12-26)17-5-2-6-18-16(17)7-8-27(18)31(29,30)15-4-1-3-14(24)13-15/h1-8,13H,9-12H2. The normalized spacial score (nSPS) is 15.5. The molecule has 1 saturated heterocycles. The van der Waals surface area contributed by atoms with Crippen LogP contribution in [0.2, 0.25) is 0 Å². The number of nitrogens with zero attached hydrogens (tertiary/aromatic N) is 3. The van der Waals surface area contributed by atoms with Crippen molar-refractivity contribution in [3.8, 4) is 0 Å². The average Bonchev–Trinajstić information content (AvgIpc) is 3.18. The van der Waals surface area contributed by atoms with Crippen LogP contribution in [0.4, 0.5) is 10.1 Å². The van der Waals surface area contributed by atoms with Crippen molar-refractivity contribution in [2.45, 2.75) is 8.69 Å². The smallest absolute Gasteiger partial charge is 0.274 e. The third kappa shape index (κ3) is 4.22. The second-order valence-electron chi connectivity index (χ2n) is 7.06. The Morgan fingerprint density at radius 3 is 2.29 bits per heavy atom. The molecule has 0 saturated carbocycles. The molecule has 31 heavy (non-hydrogen) atoms. The minimum atomic E-state index is -3.97. The summed E-state index contributed by atoms with van der Waals surface area (Å²) in [7, 11) is -3.97. The van der Waals surface area contributed by atoms with Gasteiger partial charge >= 0.3 is 0 Å². The van der Waals surface area contributed by atoms with Crippen LogP contribution in [-0.4, -0.2) is 53.2 Å². The molecule has 1 aromatic heterocycles. The van der Waals surface area contributed by atoms with Crippen LogP contribution in [0.25, 0.3) is 10.9 Å². The molecule has 3 aromatic rings. The Balaban J connectivity index is 1.64. The zero-order chi connectivity index (χ0) is 22.4. The van der Waals surface area contributed by atoms with Gasteiger partial charge < -0.3 is 9.80 Å². The van der Waals surface area contributed by atoms with Gasteiger partial charge in [-0.3, -0.25) is 4.79 Å². The lowest BCUT2D eigenvalue weighted by Gasteiger charge is -2.37. The second kappa shape index (κ2) is 8.16. The van der Waals surface area contributed by atoms with Gasteiger partial charge in [-0.1, -0.05) is 46.9 Å². The molecule has 0 bridgehead atoms. The van der Waals surface area contributed by atoms with E-state index in [4.69, 9.17) is 34.8 Å². The number of piperazine rings is 1. The number of alkyl halides is 3. The summed E-state index contributed by atoms with van der Waals surface area (Å²) in [5, 5.41) is 0.726. The minimum Gasteiger partial charge on any atom is -0.367 e. The first-order valence-corrected chi connectivity index (χ1v) is 11.9. The molecule has 0 aliphatic carbocycles. The lowest BCUT2D eigenvalue weighted by Crippen LogP contribution is -2.51. The van der Waals surface area contributed by atoms with Crippen LogP contribution in [-0.2, 0) is 14.8 Å². The molecular formula is C20H17Cl3FN3O3S. The Labute approximate surface area is 193 Å². The van der Waals surface area contributed by atoms with E-state index in [-0.39, 0.29) is 4.90 Å². The lowest BCUT2D eigenvalue weighted by molar-refractivity contribution is -0.130. The van der Waals surface area contributed by atoms with E-state index in [0.717, 1.165) is 21.1 Å². The summed E-state index contributed by atoms with van der Waals surface area (Å²) in [6.07, 6.45) is 1.46. The van der Waals surface area contributed by atoms with Crippen LogP contribution in [0, 0.1) is 5.82 Å². The molecule has 2 heterocycles. The largest absolute Gasteiger partial charge is 0.367 e. The molecule has 1 aliphatic rings. The molecule has 11 heteroatoms. The molecular weight excluding hydrogens is 488 g/mol. The quantitative estimate of drug-likeness (QED) is 0.505. The molecule has 0 radical (unpaired) electrons. The van der Waals surface area contributed by atoms with Gasteiger partial charge in [-0.15, -0.1) is 0 Å². The molecule has 6 nitrogen and oxygen atoms in total. The maximum absolute atomic E-state index is 13.6. The number of anilines is 1. The molecule has 0 unspecified atom stereocenters. The molecule has 1 aliphatic heterocycles. The zero-order valence-electron chi connectivity index (χ0n) is 16.0. The average molecular weight is 505 g/mol. The van der Waals surface area contributed by atoms with Crippen molar-refractivity contribution in [2.24, 2.45) is 0 Å². The van der Waals surface area contributed by atoms with Crippen molar-refractivity contribution in [1.29, 1.82) is 0 Å². The predicted molar refractivity (Wildman–Crippen MR) is 120 cm³/mol. The highest BCUT2D eigenvalue weighted by Gasteiger charge is 2.36. The monoisotopic (exact) mass is 503 g/mol. The Kier molecular flexibility index (Phi) is 5.85. The van der Waals surface area contributed by atoms with E-state index < -0.39 is 25.5 Å². The summed E-state index contributed by atoms with van der Waals surface area (Å²) in [5.41, 5.74) is 1.30. The van der Waals surface area contributed by atoms with Gasteiger partial charge in [-0.05, 0) is 36.4 Å². The van der Waals surface area contributed by atoms with Crippen molar-refractivity contribution in [1.82, 2.24) is 8.87 Å². The van der Waals surface area contributed by atoms with Gasteiger partial charge in [0.25, 0.3) is 19.7 Å². The van der Waals surface area contributed by atoms with Crippen molar-refractivity contribution >= 4 is 67.3 Å². The third-order valence-corrected chi connectivity index (χ3v) is 7.35. The highest BCUT2D eigenvalue weighted by Crippen LogP contribution is 2.32. The van der Waals surface area contributed by atoms with Crippen LogP contribution in [0.3, 0.4) is 0 Å². The number of amides is 1. The van der Waals surface area contributed by atoms with Crippen LogP contribution < -0.4 is 4.90 Å². The van der Waals surface area contributed by atoms with Gasteiger partial charge in [0.2, 0.25) is 0 Å². The van der Waals surface area contributed by atoms with Crippen LogP contribution in [0.5, 0.6) is 0 Å². The summed E-state index contributed by atoms with van der Waals surface area (Å²) in [4.78, 5) is 15.6. The van der Waals surface area contributed by atoms with Crippen molar-refractivity contribution in [3.63, 3.8) is 0 Å². The van der Waals surface area contributed by atoms with E-state index in [1.54, 1.807) is 18.2 Å². The van der Waals surface area contributed by atoms with Crippen molar-refractivity contribution in [2.75, 3.05) is 31.1 Å². The molecule has 1 fully saturated rings. The number of aromatic nitrogens is 1. The zero-order valence-corrected chi connectivity index (χ0v) is 19.1. The van der Waals surface area contributed by atoms with E-state index >= 15 is 0 Å². The highest BCUT2D eigenvalue weighted by atomic mass is 35.6. The Hall–Kier alpha value is -2.00. The third-order valence-electron chi connectivity index (χ3n) is 5.18. The summed E-state index contributed by atoms with van der Waals surface area (Å²) < 4.78 is 38.9. The van der Waals surface area contributed by atoms with Crippen molar-refractivity contribution < 1.29 is 17.6 Å². The molecule has 164 valence electrons. The van der Waals surface area contributed by atoms with Crippen LogP contribution >= 0.6 is 34.8 Å². The van der Waals surface area contributed by atoms with Gasteiger partial charge in [0, 0.05) is 43.4 Å².